The van der Waals surface area contributed by atoms with Crippen LogP contribution in [-0.4, -0.2) is 58.0 Å². The molecule has 8 nitrogen and oxygen atoms in total. The molecule has 1 fully saturated rings. The first kappa shape index (κ1) is 22.3. The van der Waals surface area contributed by atoms with Crippen molar-refractivity contribution in [2.24, 2.45) is 11.3 Å². The number of carbonyl (C=O) groups is 2. The molecule has 2 aliphatic rings. The van der Waals surface area contributed by atoms with Gasteiger partial charge in [-0.05, 0) is 37.3 Å². The van der Waals surface area contributed by atoms with Crippen molar-refractivity contribution in [3.8, 4) is 11.4 Å². The number of amides is 2. The van der Waals surface area contributed by atoms with Crippen LogP contribution in [-0.2, 0) is 20.7 Å². The number of nitrogens with one attached hydrogen (secondary N) is 1. The molecule has 0 radical (unpaired) electrons. The number of pyridine rings is 1. The van der Waals surface area contributed by atoms with E-state index >= 15 is 0 Å². The van der Waals surface area contributed by atoms with E-state index in [-0.39, 0.29) is 41.7 Å². The Hall–Kier alpha value is -2.87. The van der Waals surface area contributed by atoms with Crippen molar-refractivity contribution < 1.29 is 14.3 Å². The molecular formula is C24H31N5O3. The average Bonchev–Trinajstić information content (AvgIpc) is 3.15. The Bertz CT molecular complexity index is 994. The lowest BCUT2D eigenvalue weighted by Crippen LogP contribution is -2.41. The standard InChI is InChI=1S/C24H31N5O3/c1-15(14-32-4)29-13-17(9-21(29)30)23(31)28-20-11-24(2,3)10-19-18(20)12-26-22(27-19)16-5-7-25-8-6-16/h5-8,12,15,17,20H,9-11,13-14H2,1-4H3,(H,28,31)/t15-,17+,20-/m0/s1. The van der Waals surface area contributed by atoms with Crippen LogP contribution in [0.3, 0.4) is 0 Å². The number of hydrogen-bond donors (Lipinski definition) is 1. The second-order valence-corrected chi connectivity index (χ2v) is 9.69. The maximum absolute atomic E-state index is 13.1. The summed E-state index contributed by atoms with van der Waals surface area (Å²) in [5, 5.41) is 3.20. The Morgan fingerprint density at radius 1 is 1.34 bits per heavy atom. The van der Waals surface area contributed by atoms with Gasteiger partial charge in [0.15, 0.2) is 5.82 Å². The summed E-state index contributed by atoms with van der Waals surface area (Å²) < 4.78 is 5.17. The summed E-state index contributed by atoms with van der Waals surface area (Å²) in [5.74, 6) is 0.229. The summed E-state index contributed by atoms with van der Waals surface area (Å²) in [6.45, 7) is 7.21. The van der Waals surface area contributed by atoms with Crippen LogP contribution in [0.25, 0.3) is 11.4 Å². The summed E-state index contributed by atoms with van der Waals surface area (Å²) >= 11 is 0. The normalized spacial score (nSPS) is 23.0. The molecule has 3 atom stereocenters. The summed E-state index contributed by atoms with van der Waals surface area (Å²) in [4.78, 5) is 40.8. The summed E-state index contributed by atoms with van der Waals surface area (Å²) in [7, 11) is 1.62. The minimum absolute atomic E-state index is 0.00407. The largest absolute Gasteiger partial charge is 0.383 e. The fourth-order valence-corrected chi connectivity index (χ4v) is 4.77. The fourth-order valence-electron chi connectivity index (χ4n) is 4.77. The number of likely N-dealkylation sites (tertiary alicyclic amines) is 1. The molecular weight excluding hydrogens is 406 g/mol. The zero-order valence-electron chi connectivity index (χ0n) is 19.2. The maximum atomic E-state index is 13.1. The molecule has 3 heterocycles. The van der Waals surface area contributed by atoms with Gasteiger partial charge in [-0.25, -0.2) is 9.97 Å². The van der Waals surface area contributed by atoms with Gasteiger partial charge in [-0.2, -0.15) is 0 Å². The van der Waals surface area contributed by atoms with Gasteiger partial charge in [0, 0.05) is 49.8 Å². The third-order valence-corrected chi connectivity index (χ3v) is 6.40. The Morgan fingerprint density at radius 2 is 2.09 bits per heavy atom. The van der Waals surface area contributed by atoms with Crippen molar-refractivity contribution in [2.45, 2.75) is 52.1 Å². The van der Waals surface area contributed by atoms with Crippen LogP contribution in [0, 0.1) is 11.3 Å². The minimum Gasteiger partial charge on any atom is -0.383 e. The van der Waals surface area contributed by atoms with Gasteiger partial charge in [0.05, 0.1) is 30.3 Å². The molecule has 1 saturated heterocycles. The van der Waals surface area contributed by atoms with Gasteiger partial charge in [0.2, 0.25) is 11.8 Å². The maximum Gasteiger partial charge on any atom is 0.225 e. The molecule has 1 aliphatic carbocycles. The van der Waals surface area contributed by atoms with Gasteiger partial charge in [0.1, 0.15) is 0 Å². The third-order valence-electron chi connectivity index (χ3n) is 6.40. The quantitative estimate of drug-likeness (QED) is 0.746. The second-order valence-electron chi connectivity index (χ2n) is 9.69. The number of aromatic nitrogens is 3. The summed E-state index contributed by atoms with van der Waals surface area (Å²) in [6.07, 6.45) is 7.15. The van der Waals surface area contributed by atoms with E-state index in [1.165, 1.54) is 0 Å². The number of hydrogen-bond acceptors (Lipinski definition) is 6. The van der Waals surface area contributed by atoms with E-state index in [2.05, 4.69) is 29.1 Å². The highest BCUT2D eigenvalue weighted by Crippen LogP contribution is 2.40. The van der Waals surface area contributed by atoms with Crippen LogP contribution < -0.4 is 5.32 Å². The van der Waals surface area contributed by atoms with Crippen LogP contribution in [0.4, 0.5) is 0 Å². The van der Waals surface area contributed by atoms with Gasteiger partial charge in [-0.3, -0.25) is 14.6 Å². The average molecular weight is 438 g/mol. The first-order valence-electron chi connectivity index (χ1n) is 11.1. The molecule has 0 unspecified atom stereocenters. The van der Waals surface area contributed by atoms with E-state index in [9.17, 15) is 9.59 Å². The third kappa shape index (κ3) is 4.65. The topological polar surface area (TPSA) is 97.3 Å². The summed E-state index contributed by atoms with van der Waals surface area (Å²) in [6, 6.07) is 3.57. The monoisotopic (exact) mass is 437 g/mol. The molecule has 2 aromatic heterocycles. The molecule has 0 spiro atoms. The van der Waals surface area contributed by atoms with Crippen LogP contribution in [0.1, 0.15) is 50.9 Å². The molecule has 2 amide bonds. The zero-order chi connectivity index (χ0) is 22.9. The molecule has 32 heavy (non-hydrogen) atoms. The zero-order valence-corrected chi connectivity index (χ0v) is 19.2. The lowest BCUT2D eigenvalue weighted by molar-refractivity contribution is -0.131. The van der Waals surface area contributed by atoms with Crippen molar-refractivity contribution in [3.05, 3.63) is 42.0 Å². The molecule has 2 aromatic rings. The highest BCUT2D eigenvalue weighted by molar-refractivity contribution is 5.89. The van der Waals surface area contributed by atoms with E-state index in [1.54, 1.807) is 24.4 Å². The lowest BCUT2D eigenvalue weighted by Gasteiger charge is -2.37. The number of fused-ring (bicyclic) bond motifs is 1. The molecule has 4 rings (SSSR count). The number of ether oxygens (including phenoxy) is 1. The highest BCUT2D eigenvalue weighted by atomic mass is 16.5. The Balaban J connectivity index is 1.52. The van der Waals surface area contributed by atoms with Crippen LogP contribution in [0.15, 0.2) is 30.7 Å². The number of methoxy groups -OCH3 is 1. The Morgan fingerprint density at radius 3 is 2.81 bits per heavy atom. The van der Waals surface area contributed by atoms with Crippen LogP contribution in [0.5, 0.6) is 0 Å². The lowest BCUT2D eigenvalue weighted by atomic mass is 9.74. The van der Waals surface area contributed by atoms with Crippen molar-refractivity contribution in [1.82, 2.24) is 25.2 Å². The van der Waals surface area contributed by atoms with Gasteiger partial charge < -0.3 is 15.0 Å². The van der Waals surface area contributed by atoms with Crippen molar-refractivity contribution in [1.29, 1.82) is 0 Å². The van der Waals surface area contributed by atoms with E-state index < -0.39 is 0 Å². The van der Waals surface area contributed by atoms with Crippen molar-refractivity contribution in [3.63, 3.8) is 0 Å². The van der Waals surface area contributed by atoms with Gasteiger partial charge in [-0.1, -0.05) is 13.8 Å². The van der Waals surface area contributed by atoms with E-state index in [4.69, 9.17) is 9.72 Å². The Labute approximate surface area is 188 Å². The van der Waals surface area contributed by atoms with Crippen LogP contribution in [0.2, 0.25) is 0 Å². The van der Waals surface area contributed by atoms with E-state index in [0.29, 0.717) is 19.0 Å². The van der Waals surface area contributed by atoms with E-state index in [0.717, 1.165) is 29.7 Å². The van der Waals surface area contributed by atoms with Crippen molar-refractivity contribution >= 4 is 11.8 Å². The number of nitrogens with zero attached hydrogens (tertiary/aromatic N) is 4. The second kappa shape index (κ2) is 8.94. The fraction of sp³-hybridized carbons (Fsp3) is 0.542. The molecule has 1 N–H and O–H groups in total. The van der Waals surface area contributed by atoms with Gasteiger partial charge in [0.25, 0.3) is 0 Å². The molecule has 0 aromatic carbocycles. The molecule has 8 heteroatoms. The predicted molar refractivity (Wildman–Crippen MR) is 119 cm³/mol. The molecule has 0 saturated carbocycles. The molecule has 170 valence electrons. The predicted octanol–water partition coefficient (Wildman–Crippen LogP) is 2.55. The number of rotatable bonds is 6. The summed E-state index contributed by atoms with van der Waals surface area (Å²) in [5.41, 5.74) is 2.83. The van der Waals surface area contributed by atoms with E-state index in [1.807, 2.05) is 25.3 Å². The first-order chi connectivity index (χ1) is 15.3. The Kier molecular flexibility index (Phi) is 6.24. The van der Waals surface area contributed by atoms with Crippen LogP contribution >= 0.6 is 0 Å². The van der Waals surface area contributed by atoms with Gasteiger partial charge in [-0.15, -0.1) is 0 Å². The highest BCUT2D eigenvalue weighted by Gasteiger charge is 2.39. The first-order valence-corrected chi connectivity index (χ1v) is 11.1. The smallest absolute Gasteiger partial charge is 0.225 e. The minimum atomic E-state index is -0.354. The SMILES string of the molecule is COC[C@H](C)N1C[C@H](C(=O)N[C@H]2CC(C)(C)Cc3nc(-c4ccncc4)ncc32)CC1=O. The van der Waals surface area contributed by atoms with Gasteiger partial charge >= 0.3 is 0 Å². The molecule has 0 bridgehead atoms. The van der Waals surface area contributed by atoms with Crippen molar-refractivity contribution in [2.75, 3.05) is 20.3 Å². The number of carbonyl (C=O) groups excluding carboxylic acids is 2. The molecule has 1 aliphatic heterocycles.